The van der Waals surface area contributed by atoms with Crippen LogP contribution in [-0.4, -0.2) is 11.1 Å². The molecule has 2 heteroatoms. The highest BCUT2D eigenvalue weighted by Crippen LogP contribution is 1.99. The van der Waals surface area contributed by atoms with Gasteiger partial charge in [-0.2, -0.15) is 0 Å². The molecule has 0 fully saturated rings. The molecule has 1 N–H and O–H groups in total. The molecule has 0 saturated carbocycles. The van der Waals surface area contributed by atoms with Crippen molar-refractivity contribution in [1.29, 1.82) is 0 Å². The van der Waals surface area contributed by atoms with Crippen molar-refractivity contribution in [2.75, 3.05) is 0 Å². The molecule has 0 amide bonds. The van der Waals surface area contributed by atoms with Crippen LogP contribution in [0.4, 0.5) is 0 Å². The standard InChI is InChI=1S/C22H32O2/c1-2-3-4-5-6-7-8-9-10-11-12-13-14-15-16-17-18-19-20-21-22(23)24/h2-3,5-6,8-9,11-12,14-15,17-18H,4,7,10,13,16,19-21H2,1H3,(H,23,24)/b3-2+,6-5-,9-8-,12-11-,15-14-,18-17-. The molecule has 0 heterocycles. The molecule has 0 atom stereocenters. The second kappa shape index (κ2) is 19.0. The maximum Gasteiger partial charge on any atom is 0.303 e. The van der Waals surface area contributed by atoms with Crippen LogP contribution in [0.1, 0.15) is 58.3 Å². The van der Waals surface area contributed by atoms with Gasteiger partial charge in [0.05, 0.1) is 0 Å². The Kier molecular flexibility index (Phi) is 17.3. The van der Waals surface area contributed by atoms with E-state index in [2.05, 4.69) is 72.9 Å². The summed E-state index contributed by atoms with van der Waals surface area (Å²) in [5, 5.41) is 8.51. The number of carboxylic acid groups (broad SMARTS) is 1. The molecule has 0 aliphatic rings. The molecule has 0 rings (SSSR count). The van der Waals surface area contributed by atoms with E-state index in [1.807, 2.05) is 6.92 Å². The summed E-state index contributed by atoms with van der Waals surface area (Å²) in [6.45, 7) is 2.04. The monoisotopic (exact) mass is 328 g/mol. The molecule has 2 nitrogen and oxygen atoms in total. The first-order valence-electron chi connectivity index (χ1n) is 8.85. The number of hydrogen-bond donors (Lipinski definition) is 1. The molecule has 0 aromatic rings. The molecule has 24 heavy (non-hydrogen) atoms. The van der Waals surface area contributed by atoms with Crippen LogP contribution in [0.15, 0.2) is 72.9 Å². The van der Waals surface area contributed by atoms with Gasteiger partial charge in [-0.1, -0.05) is 72.9 Å². The highest BCUT2D eigenvalue weighted by molar-refractivity contribution is 5.66. The number of aliphatic carboxylic acids is 1. The lowest BCUT2D eigenvalue weighted by Crippen LogP contribution is -1.92. The van der Waals surface area contributed by atoms with Crippen LogP contribution >= 0.6 is 0 Å². The molecule has 0 aromatic carbocycles. The Hall–Kier alpha value is -2.09. The van der Waals surface area contributed by atoms with E-state index in [1.54, 1.807) is 0 Å². The highest BCUT2D eigenvalue weighted by Gasteiger charge is 1.92. The molecule has 0 saturated heterocycles. The van der Waals surface area contributed by atoms with Crippen LogP contribution in [0.5, 0.6) is 0 Å². The number of rotatable bonds is 14. The fourth-order valence-corrected chi connectivity index (χ4v) is 1.88. The van der Waals surface area contributed by atoms with Crippen molar-refractivity contribution in [2.24, 2.45) is 0 Å². The van der Waals surface area contributed by atoms with Gasteiger partial charge >= 0.3 is 5.97 Å². The molecule has 0 aliphatic heterocycles. The van der Waals surface area contributed by atoms with E-state index < -0.39 is 5.97 Å². The third-order valence-corrected chi connectivity index (χ3v) is 3.19. The van der Waals surface area contributed by atoms with Gasteiger partial charge in [0.15, 0.2) is 0 Å². The number of unbranched alkanes of at least 4 members (excludes halogenated alkanes) is 1. The normalized spacial score (nSPS) is 13.0. The van der Waals surface area contributed by atoms with Gasteiger partial charge in [-0.05, 0) is 51.9 Å². The third kappa shape index (κ3) is 19.9. The van der Waals surface area contributed by atoms with Gasteiger partial charge in [0.1, 0.15) is 0 Å². The van der Waals surface area contributed by atoms with Crippen LogP contribution in [0, 0.1) is 0 Å². The third-order valence-electron chi connectivity index (χ3n) is 3.19. The maximum atomic E-state index is 10.3. The minimum absolute atomic E-state index is 0.256. The Morgan fingerprint density at radius 3 is 1.42 bits per heavy atom. The zero-order valence-corrected chi connectivity index (χ0v) is 14.9. The zero-order chi connectivity index (χ0) is 17.7. The van der Waals surface area contributed by atoms with E-state index in [-0.39, 0.29) is 6.42 Å². The fourth-order valence-electron chi connectivity index (χ4n) is 1.88. The van der Waals surface area contributed by atoms with Gasteiger partial charge < -0.3 is 5.11 Å². The summed E-state index contributed by atoms with van der Waals surface area (Å²) < 4.78 is 0. The second-order valence-corrected chi connectivity index (χ2v) is 5.39. The lowest BCUT2D eigenvalue weighted by atomic mass is 10.2. The average Bonchev–Trinajstić information content (AvgIpc) is 2.56. The summed E-state index contributed by atoms with van der Waals surface area (Å²) in [6.07, 6.45) is 32.5. The number of carbonyl (C=O) groups is 1. The smallest absolute Gasteiger partial charge is 0.303 e. The van der Waals surface area contributed by atoms with Gasteiger partial charge in [-0.25, -0.2) is 0 Å². The molecular weight excluding hydrogens is 296 g/mol. The van der Waals surface area contributed by atoms with E-state index in [0.29, 0.717) is 0 Å². The summed E-state index contributed by atoms with van der Waals surface area (Å²) in [6, 6.07) is 0. The topological polar surface area (TPSA) is 37.3 Å². The van der Waals surface area contributed by atoms with Gasteiger partial charge in [0.25, 0.3) is 0 Å². The fraction of sp³-hybridized carbons (Fsp3) is 0.409. The predicted octanol–water partition coefficient (Wildman–Crippen LogP) is 6.55. The minimum atomic E-state index is -0.717. The summed E-state index contributed by atoms with van der Waals surface area (Å²) in [5.41, 5.74) is 0. The Labute approximate surface area is 147 Å². The van der Waals surface area contributed by atoms with Gasteiger partial charge in [-0.15, -0.1) is 0 Å². The van der Waals surface area contributed by atoms with Crippen LogP contribution in [0.3, 0.4) is 0 Å². The summed E-state index contributed by atoms with van der Waals surface area (Å²) in [7, 11) is 0. The lowest BCUT2D eigenvalue weighted by Gasteiger charge is -1.89. The van der Waals surface area contributed by atoms with Crippen molar-refractivity contribution in [1.82, 2.24) is 0 Å². The van der Waals surface area contributed by atoms with Crippen LogP contribution in [0.2, 0.25) is 0 Å². The Morgan fingerprint density at radius 1 is 0.667 bits per heavy atom. The van der Waals surface area contributed by atoms with Crippen molar-refractivity contribution in [3.63, 3.8) is 0 Å². The summed E-state index contributed by atoms with van der Waals surface area (Å²) in [5.74, 6) is -0.717. The largest absolute Gasteiger partial charge is 0.481 e. The van der Waals surface area contributed by atoms with Crippen molar-refractivity contribution < 1.29 is 9.90 Å². The Balaban J connectivity index is 3.49. The molecule has 0 radical (unpaired) electrons. The maximum absolute atomic E-state index is 10.3. The molecule has 0 aromatic heterocycles. The van der Waals surface area contributed by atoms with Crippen molar-refractivity contribution in [3.8, 4) is 0 Å². The number of hydrogen-bond acceptors (Lipinski definition) is 1. The summed E-state index contributed by atoms with van der Waals surface area (Å²) >= 11 is 0. The Bertz CT molecular complexity index is 462. The summed E-state index contributed by atoms with van der Waals surface area (Å²) in [4.78, 5) is 10.3. The second-order valence-electron chi connectivity index (χ2n) is 5.39. The molecule has 0 bridgehead atoms. The first-order valence-corrected chi connectivity index (χ1v) is 8.85. The molecular formula is C22H32O2. The Morgan fingerprint density at radius 2 is 1.04 bits per heavy atom. The van der Waals surface area contributed by atoms with Gasteiger partial charge in [0, 0.05) is 6.42 Å². The lowest BCUT2D eigenvalue weighted by molar-refractivity contribution is -0.137. The van der Waals surface area contributed by atoms with E-state index in [4.69, 9.17) is 5.11 Å². The number of allylic oxidation sites excluding steroid dienone is 12. The van der Waals surface area contributed by atoms with Crippen LogP contribution in [0.25, 0.3) is 0 Å². The molecule has 0 unspecified atom stereocenters. The first kappa shape index (κ1) is 21.9. The van der Waals surface area contributed by atoms with Crippen LogP contribution < -0.4 is 0 Å². The molecule has 0 spiro atoms. The van der Waals surface area contributed by atoms with Gasteiger partial charge in [-0.3, -0.25) is 4.79 Å². The average molecular weight is 328 g/mol. The van der Waals surface area contributed by atoms with E-state index in [1.165, 1.54) is 0 Å². The predicted molar refractivity (Wildman–Crippen MR) is 105 cm³/mol. The highest BCUT2D eigenvalue weighted by atomic mass is 16.4. The molecule has 132 valence electrons. The van der Waals surface area contributed by atoms with Crippen molar-refractivity contribution >= 4 is 5.97 Å². The minimum Gasteiger partial charge on any atom is -0.481 e. The number of carboxylic acids is 1. The molecule has 0 aliphatic carbocycles. The van der Waals surface area contributed by atoms with E-state index in [9.17, 15) is 4.79 Å². The van der Waals surface area contributed by atoms with Crippen molar-refractivity contribution in [3.05, 3.63) is 72.9 Å². The quantitative estimate of drug-likeness (QED) is 0.290. The van der Waals surface area contributed by atoms with Gasteiger partial charge in [0.2, 0.25) is 0 Å². The zero-order valence-electron chi connectivity index (χ0n) is 14.9. The van der Waals surface area contributed by atoms with Crippen molar-refractivity contribution in [2.45, 2.75) is 58.3 Å². The van der Waals surface area contributed by atoms with Crippen LogP contribution in [-0.2, 0) is 4.79 Å². The van der Waals surface area contributed by atoms with E-state index in [0.717, 1.165) is 44.9 Å². The van der Waals surface area contributed by atoms with E-state index >= 15 is 0 Å². The SMILES string of the molecule is C/C=C/C/C=C\C/C=C\C/C=C\C/C=C\C/C=C\CCCC(=O)O. The first-order chi connectivity index (χ1) is 11.8.